The maximum atomic E-state index is 9.07. The van der Waals surface area contributed by atoms with Gasteiger partial charge >= 0.3 is 0 Å². The molecule has 2 nitrogen and oxygen atoms in total. The number of aliphatic hydroxyl groups excluding tert-OH is 1. The van der Waals surface area contributed by atoms with E-state index >= 15 is 0 Å². The van der Waals surface area contributed by atoms with Crippen LogP contribution in [0.4, 0.5) is 0 Å². The lowest BCUT2D eigenvalue weighted by atomic mass is 9.84. The van der Waals surface area contributed by atoms with Gasteiger partial charge in [-0.05, 0) is 38.0 Å². The van der Waals surface area contributed by atoms with Gasteiger partial charge in [0.05, 0.1) is 0 Å². The van der Waals surface area contributed by atoms with Gasteiger partial charge in [-0.3, -0.25) is 0 Å². The van der Waals surface area contributed by atoms with Gasteiger partial charge in [0.15, 0.2) is 0 Å². The minimum absolute atomic E-state index is 0.299. The van der Waals surface area contributed by atoms with Crippen LogP contribution in [0.25, 0.3) is 0 Å². The fraction of sp³-hybridized carbons (Fsp3) is 1.00. The van der Waals surface area contributed by atoms with E-state index in [1.807, 2.05) is 0 Å². The summed E-state index contributed by atoms with van der Waals surface area (Å²) in [7, 11) is 0. The molecule has 0 radical (unpaired) electrons. The van der Waals surface area contributed by atoms with Gasteiger partial charge in [-0.25, -0.2) is 0 Å². The Morgan fingerprint density at radius 1 is 1.12 bits per heavy atom. The van der Waals surface area contributed by atoms with Crippen molar-refractivity contribution >= 4 is 0 Å². The smallest absolute Gasteiger partial charge is 0.0445 e. The van der Waals surface area contributed by atoms with Crippen molar-refractivity contribution in [1.82, 2.24) is 5.32 Å². The van der Waals surface area contributed by atoms with Crippen molar-refractivity contribution in [3.05, 3.63) is 0 Å². The minimum atomic E-state index is 0.299. The van der Waals surface area contributed by atoms with Crippen molar-refractivity contribution in [2.75, 3.05) is 6.61 Å². The Balaban J connectivity index is 2.36. The molecule has 1 saturated carbocycles. The second kappa shape index (κ2) is 7.29. The lowest BCUT2D eigenvalue weighted by Gasteiger charge is -2.33. The van der Waals surface area contributed by atoms with E-state index in [0.717, 1.165) is 12.3 Å². The molecule has 1 aliphatic carbocycles. The van der Waals surface area contributed by atoms with Crippen molar-refractivity contribution < 1.29 is 5.11 Å². The maximum Gasteiger partial charge on any atom is 0.0445 e. The highest BCUT2D eigenvalue weighted by Crippen LogP contribution is 2.27. The Morgan fingerprint density at radius 3 is 2.25 bits per heavy atom. The second-order valence-corrected chi connectivity index (χ2v) is 5.72. The van der Waals surface area contributed by atoms with Gasteiger partial charge in [-0.15, -0.1) is 0 Å². The summed E-state index contributed by atoms with van der Waals surface area (Å²) in [6.07, 6.45) is 7.89. The zero-order valence-corrected chi connectivity index (χ0v) is 11.2. The number of hydrogen-bond acceptors (Lipinski definition) is 2. The van der Waals surface area contributed by atoms with Gasteiger partial charge in [-0.2, -0.15) is 0 Å². The van der Waals surface area contributed by atoms with E-state index < -0.39 is 0 Å². The molecule has 0 aromatic heterocycles. The largest absolute Gasteiger partial charge is 0.396 e. The monoisotopic (exact) mass is 227 g/mol. The zero-order chi connectivity index (χ0) is 12.0. The van der Waals surface area contributed by atoms with Crippen molar-refractivity contribution in [1.29, 1.82) is 0 Å². The molecule has 1 rings (SSSR count). The van der Waals surface area contributed by atoms with Crippen LogP contribution >= 0.6 is 0 Å². The SMILES string of the molecule is CC(C)C(CCO)NC(C)C1CCCCC1. The van der Waals surface area contributed by atoms with Crippen LogP contribution in [-0.4, -0.2) is 23.8 Å². The van der Waals surface area contributed by atoms with Gasteiger partial charge < -0.3 is 10.4 Å². The van der Waals surface area contributed by atoms with Crippen LogP contribution in [-0.2, 0) is 0 Å². The van der Waals surface area contributed by atoms with Gasteiger partial charge in [0.25, 0.3) is 0 Å². The first-order valence-corrected chi connectivity index (χ1v) is 7.02. The van der Waals surface area contributed by atoms with E-state index in [2.05, 4.69) is 26.1 Å². The number of aliphatic hydroxyl groups is 1. The van der Waals surface area contributed by atoms with Crippen molar-refractivity contribution in [2.24, 2.45) is 11.8 Å². The molecule has 0 aromatic rings. The Hall–Kier alpha value is -0.0800. The van der Waals surface area contributed by atoms with Crippen LogP contribution in [0, 0.1) is 11.8 Å². The van der Waals surface area contributed by atoms with Gasteiger partial charge in [0.1, 0.15) is 0 Å². The number of nitrogens with one attached hydrogen (secondary N) is 1. The van der Waals surface area contributed by atoms with Crippen molar-refractivity contribution in [3.8, 4) is 0 Å². The summed E-state index contributed by atoms with van der Waals surface area (Å²) in [6, 6.07) is 1.08. The van der Waals surface area contributed by atoms with Crippen LogP contribution in [0.3, 0.4) is 0 Å². The van der Waals surface area contributed by atoms with Crippen LogP contribution in [0.15, 0.2) is 0 Å². The Labute approximate surface area is 101 Å². The molecule has 0 spiro atoms. The zero-order valence-electron chi connectivity index (χ0n) is 11.2. The summed E-state index contributed by atoms with van der Waals surface area (Å²) in [6.45, 7) is 7.10. The van der Waals surface area contributed by atoms with Crippen LogP contribution in [0.1, 0.15) is 59.3 Å². The van der Waals surface area contributed by atoms with Gasteiger partial charge in [0.2, 0.25) is 0 Å². The van der Waals surface area contributed by atoms with Gasteiger partial charge in [-0.1, -0.05) is 33.1 Å². The third kappa shape index (κ3) is 4.42. The molecular weight excluding hydrogens is 198 g/mol. The van der Waals surface area contributed by atoms with Crippen molar-refractivity contribution in [2.45, 2.75) is 71.4 Å². The molecule has 0 bridgehead atoms. The average molecular weight is 227 g/mol. The quantitative estimate of drug-likeness (QED) is 0.731. The van der Waals surface area contributed by atoms with Crippen molar-refractivity contribution in [3.63, 3.8) is 0 Å². The molecule has 2 N–H and O–H groups in total. The number of hydrogen-bond donors (Lipinski definition) is 2. The Morgan fingerprint density at radius 2 is 1.75 bits per heavy atom. The van der Waals surface area contributed by atoms with E-state index in [0.29, 0.717) is 24.6 Å². The Bertz CT molecular complexity index is 176. The molecule has 1 fully saturated rings. The first kappa shape index (κ1) is 14.0. The summed E-state index contributed by atoms with van der Waals surface area (Å²) < 4.78 is 0. The topological polar surface area (TPSA) is 32.3 Å². The van der Waals surface area contributed by atoms with Crippen LogP contribution < -0.4 is 5.32 Å². The lowest BCUT2D eigenvalue weighted by Crippen LogP contribution is -2.44. The average Bonchev–Trinajstić information content (AvgIpc) is 2.29. The fourth-order valence-corrected chi connectivity index (χ4v) is 2.86. The molecule has 0 aliphatic heterocycles. The van der Waals surface area contributed by atoms with Crippen LogP contribution in [0.5, 0.6) is 0 Å². The molecule has 16 heavy (non-hydrogen) atoms. The summed E-state index contributed by atoms with van der Waals surface area (Å²) in [5.41, 5.74) is 0. The fourth-order valence-electron chi connectivity index (χ4n) is 2.86. The van der Waals surface area contributed by atoms with E-state index in [9.17, 15) is 0 Å². The first-order valence-electron chi connectivity index (χ1n) is 7.02. The van der Waals surface area contributed by atoms with E-state index in [1.165, 1.54) is 32.1 Å². The molecule has 1 aliphatic rings. The molecule has 0 saturated heterocycles. The van der Waals surface area contributed by atoms with Gasteiger partial charge in [0, 0.05) is 18.7 Å². The predicted molar refractivity (Wildman–Crippen MR) is 69.5 cm³/mol. The van der Waals surface area contributed by atoms with E-state index in [1.54, 1.807) is 0 Å². The van der Waals surface area contributed by atoms with Crippen LogP contribution in [0.2, 0.25) is 0 Å². The summed E-state index contributed by atoms with van der Waals surface area (Å²) in [5, 5.41) is 12.8. The standard InChI is InChI=1S/C14H29NO/c1-11(2)14(9-10-16)15-12(3)13-7-5-4-6-8-13/h11-16H,4-10H2,1-3H3. The third-order valence-corrected chi connectivity index (χ3v) is 4.08. The Kier molecular flexibility index (Phi) is 6.37. The molecule has 2 unspecified atom stereocenters. The summed E-state index contributed by atoms with van der Waals surface area (Å²) in [5.74, 6) is 1.46. The molecule has 2 atom stereocenters. The first-order chi connectivity index (χ1) is 7.65. The highest BCUT2D eigenvalue weighted by Gasteiger charge is 2.23. The molecule has 0 aromatic carbocycles. The lowest BCUT2D eigenvalue weighted by molar-refractivity contribution is 0.206. The second-order valence-electron chi connectivity index (χ2n) is 5.72. The summed E-state index contributed by atoms with van der Waals surface area (Å²) >= 11 is 0. The molecule has 0 amide bonds. The minimum Gasteiger partial charge on any atom is -0.396 e. The highest BCUT2D eigenvalue weighted by atomic mass is 16.3. The summed E-state index contributed by atoms with van der Waals surface area (Å²) in [4.78, 5) is 0. The highest BCUT2D eigenvalue weighted by molar-refractivity contribution is 4.80. The molecular formula is C14H29NO. The molecule has 96 valence electrons. The normalized spacial score (nSPS) is 22.3. The number of rotatable bonds is 6. The molecule has 0 heterocycles. The van der Waals surface area contributed by atoms with E-state index in [-0.39, 0.29) is 0 Å². The van der Waals surface area contributed by atoms with E-state index in [4.69, 9.17) is 5.11 Å². The molecule has 2 heteroatoms. The third-order valence-electron chi connectivity index (χ3n) is 4.08. The predicted octanol–water partition coefficient (Wildman–Crippen LogP) is 2.95. The maximum absolute atomic E-state index is 9.07.